The van der Waals surface area contributed by atoms with Crippen LogP contribution < -0.4 is 5.32 Å². The van der Waals surface area contributed by atoms with Crippen molar-refractivity contribution in [3.63, 3.8) is 0 Å². The van der Waals surface area contributed by atoms with Crippen molar-refractivity contribution >= 4 is 45.0 Å². The van der Waals surface area contributed by atoms with Gasteiger partial charge in [-0.05, 0) is 55.6 Å². The minimum absolute atomic E-state index is 0.388. The highest BCUT2D eigenvalue weighted by molar-refractivity contribution is 7.49. The maximum Gasteiger partial charge on any atom is 0.475 e. The van der Waals surface area contributed by atoms with Crippen LogP contribution in [-0.4, -0.2) is 61.9 Å². The zero-order chi connectivity index (χ0) is 77.7. The molecule has 1 aliphatic rings. The molecule has 0 aromatic heterocycles. The van der Waals surface area contributed by atoms with Crippen molar-refractivity contribution in [2.24, 2.45) is 0 Å². The Balaban J connectivity index is 1.20. The van der Waals surface area contributed by atoms with E-state index in [4.69, 9.17) is 72.6 Å². The second-order valence-corrected chi connectivity index (χ2v) is 32.9. The second kappa shape index (κ2) is 41.7. The lowest BCUT2D eigenvalue weighted by Crippen LogP contribution is -2.67. The van der Waals surface area contributed by atoms with Gasteiger partial charge in [0.05, 0.1) is 72.7 Å². The van der Waals surface area contributed by atoms with Gasteiger partial charge in [-0.1, -0.05) is 303 Å². The summed E-state index contributed by atoms with van der Waals surface area (Å²) in [5, 5.41) is 1.76. The maximum atomic E-state index is 16.9. The Bertz CT molecular complexity index is 4210. The molecule has 1 amide bonds. The van der Waals surface area contributed by atoms with Crippen LogP contribution in [-0.2, 0) is 166 Å². The molecule has 0 saturated heterocycles. The summed E-state index contributed by atoms with van der Waals surface area (Å²) >= 11 is 0. The van der Waals surface area contributed by atoms with E-state index in [-0.39, 0.29) is 0 Å². The molecule has 10 aromatic rings. The predicted octanol–water partition coefficient (Wildman–Crippen LogP) is 19.7. The molecular weight excluding hydrogens is 1540 g/mol. The van der Waals surface area contributed by atoms with Crippen molar-refractivity contribution in [3.05, 3.63) is 359 Å². The summed E-state index contributed by atoms with van der Waals surface area (Å²) in [7, 11) is -27.8. The number of phosphoric acid groups is 5. The quantitative estimate of drug-likeness (QED) is 0.0275. The summed E-state index contributed by atoms with van der Waals surface area (Å²) in [5.41, 5.74) is 3.89. The average Bonchev–Trinajstić information content (AvgIpc) is 0.736. The molecule has 0 spiro atoms. The number of alkyl halides is 3. The fraction of sp³-hybridized carbons (Fsp3) is 0.237. The molecule has 0 radical (unpaired) electrons. The number of rotatable bonds is 44. The van der Waals surface area contributed by atoms with Crippen molar-refractivity contribution in [2.45, 2.75) is 109 Å². The van der Waals surface area contributed by atoms with Crippen molar-refractivity contribution < 1.29 is 113 Å². The molecule has 11 rings (SSSR count). The monoisotopic (exact) mass is 1620 g/mol. The third-order valence-electron chi connectivity index (χ3n) is 16.5. The molecular formula is C80H81F3NO22P5. The first kappa shape index (κ1) is 83.9. The highest BCUT2D eigenvalue weighted by Crippen LogP contribution is 2.65. The van der Waals surface area contributed by atoms with Gasteiger partial charge in [0, 0.05) is 6.54 Å². The van der Waals surface area contributed by atoms with E-state index in [0.29, 0.717) is 55.6 Å². The number of ether oxygens (including phenoxy) is 1. The third-order valence-corrected chi connectivity index (χ3v) is 23.4. The molecule has 0 heterocycles. The number of hydrogen-bond donors (Lipinski definition) is 1. The smallest absolute Gasteiger partial charge is 0.371 e. The Hall–Kier alpha value is -8.03. The zero-order valence-electron chi connectivity index (χ0n) is 59.7. The summed E-state index contributed by atoms with van der Waals surface area (Å²) in [6.45, 7) is -7.82. The van der Waals surface area contributed by atoms with Crippen molar-refractivity contribution in [1.82, 2.24) is 5.32 Å². The minimum atomic E-state index is -5.59. The molecule has 1 saturated carbocycles. The Morgan fingerprint density at radius 3 is 0.541 bits per heavy atom. The standard InChI is InChI=1S/C80H81F3NO22P5/c81-80(82,83)79(85)84-51-52-91-73-74(102-107(86,92-53-63-31-11-1-12-32-63)93-54-64-33-13-2-14-34-64)76(104-109(88,96-57-67-39-19-5-20-40-67)97-58-68-41-21-6-22-42-68)78(106-111(90,100-61-71-47-27-9-28-48-71)101-62-72-49-29-10-30-50-72)77(105-110(89,98-59-69-43-23-7-24-44-69)99-60-70-45-25-8-26-46-70)75(73)103-108(87,94-55-65-35-15-3-16-36-65)95-56-66-37-17-4-18-38-66/h1-50,73-78H,51-62H2,(H,84,85)/t73?,74-,75+,76+,77-,78?. The fourth-order valence-corrected chi connectivity index (χ4v) is 17.6. The van der Waals surface area contributed by atoms with Crippen LogP contribution in [0.4, 0.5) is 13.2 Å². The van der Waals surface area contributed by atoms with Crippen LogP contribution >= 0.6 is 39.1 Å². The first-order valence-electron chi connectivity index (χ1n) is 35.0. The van der Waals surface area contributed by atoms with Gasteiger partial charge in [0.2, 0.25) is 0 Å². The molecule has 0 aliphatic heterocycles. The lowest BCUT2D eigenvalue weighted by atomic mass is 9.85. The molecule has 10 aromatic carbocycles. The van der Waals surface area contributed by atoms with E-state index in [1.54, 1.807) is 309 Å². The Kier molecular flexibility index (Phi) is 31.5. The van der Waals surface area contributed by atoms with Gasteiger partial charge < -0.3 is 10.1 Å². The van der Waals surface area contributed by atoms with Crippen LogP contribution in [0.25, 0.3) is 0 Å². The molecule has 6 atom stereocenters. The average molecular weight is 1620 g/mol. The summed E-state index contributed by atoms with van der Waals surface area (Å²) in [6, 6.07) is 83.0. The van der Waals surface area contributed by atoms with Gasteiger partial charge in [0.25, 0.3) is 0 Å². The predicted molar refractivity (Wildman–Crippen MR) is 404 cm³/mol. The van der Waals surface area contributed by atoms with Crippen molar-refractivity contribution in [3.8, 4) is 0 Å². The summed E-state index contributed by atoms with van der Waals surface area (Å²) < 4.78 is 232. The Morgan fingerprint density at radius 1 is 0.252 bits per heavy atom. The van der Waals surface area contributed by atoms with E-state index in [1.165, 1.54) is 0 Å². The normalized spacial score (nSPS) is 17.1. The minimum Gasteiger partial charge on any atom is -0.371 e. The molecule has 1 N–H and O–H groups in total. The van der Waals surface area contributed by atoms with Gasteiger partial charge in [-0.3, -0.25) is 72.7 Å². The molecule has 584 valence electrons. The lowest BCUT2D eigenvalue weighted by Gasteiger charge is -2.50. The number of benzene rings is 10. The SMILES string of the molecule is O=C(NCCOC1[C@@H](OP(=O)(OCc2ccccc2)OCc2ccccc2)[C@H](OP(=O)(OCc2ccccc2)OCc2ccccc2)C(OP(=O)(OCc2ccccc2)OCc2ccccc2)[C@H](OP(=O)(OCc2ccccc2)OCc2ccccc2)[C@H]1OP(=O)(OCc1ccccc1)OCc1ccccc1)C(F)(F)F. The summed E-state index contributed by atoms with van der Waals surface area (Å²) in [6.07, 6.45) is -21.0. The molecule has 2 unspecified atom stereocenters. The van der Waals surface area contributed by atoms with E-state index in [0.717, 1.165) is 0 Å². The second-order valence-electron chi connectivity index (χ2n) is 24.8. The van der Waals surface area contributed by atoms with Gasteiger partial charge in [-0.25, -0.2) is 22.8 Å². The first-order valence-corrected chi connectivity index (χ1v) is 42.3. The number of hydrogen-bond acceptors (Lipinski definition) is 22. The van der Waals surface area contributed by atoms with E-state index >= 15 is 22.8 Å². The highest BCUT2D eigenvalue weighted by atomic mass is 31.2. The molecule has 0 bridgehead atoms. The number of amides is 1. The van der Waals surface area contributed by atoms with Gasteiger partial charge in [-0.2, -0.15) is 13.2 Å². The van der Waals surface area contributed by atoms with Crippen molar-refractivity contribution in [2.75, 3.05) is 13.2 Å². The fourth-order valence-electron chi connectivity index (χ4n) is 10.9. The number of carbonyl (C=O) groups is 1. The first-order chi connectivity index (χ1) is 53.8. The Labute approximate surface area is 641 Å². The van der Waals surface area contributed by atoms with E-state index < -0.39 is 167 Å². The number of nitrogens with one attached hydrogen (secondary N) is 1. The topological polar surface area (TPSA) is 262 Å². The van der Waals surface area contributed by atoms with Crippen molar-refractivity contribution in [1.29, 1.82) is 0 Å². The highest BCUT2D eigenvalue weighted by Gasteiger charge is 2.64. The number of phosphoric ester groups is 5. The van der Waals surface area contributed by atoms with E-state index in [9.17, 15) is 18.0 Å². The van der Waals surface area contributed by atoms with Crippen LogP contribution in [0.2, 0.25) is 0 Å². The van der Waals surface area contributed by atoms with Gasteiger partial charge in [-0.15, -0.1) is 0 Å². The number of carbonyl (C=O) groups excluding carboxylic acids is 1. The van der Waals surface area contributed by atoms with Gasteiger partial charge >= 0.3 is 51.2 Å². The molecule has 23 nitrogen and oxygen atoms in total. The largest absolute Gasteiger partial charge is 0.475 e. The lowest BCUT2D eigenvalue weighted by molar-refractivity contribution is -0.223. The molecule has 111 heavy (non-hydrogen) atoms. The van der Waals surface area contributed by atoms with Gasteiger partial charge in [0.15, 0.2) is 0 Å². The number of halogens is 3. The van der Waals surface area contributed by atoms with Crippen LogP contribution in [0.5, 0.6) is 0 Å². The van der Waals surface area contributed by atoms with Crippen LogP contribution in [0.15, 0.2) is 303 Å². The zero-order valence-corrected chi connectivity index (χ0v) is 64.1. The van der Waals surface area contributed by atoms with Crippen LogP contribution in [0.3, 0.4) is 0 Å². The molecule has 31 heteroatoms. The van der Waals surface area contributed by atoms with E-state index in [2.05, 4.69) is 0 Å². The summed E-state index contributed by atoms with van der Waals surface area (Å²) in [4.78, 5) is 12.8. The molecule has 1 aliphatic carbocycles. The third kappa shape index (κ3) is 27.1. The van der Waals surface area contributed by atoms with Crippen LogP contribution in [0, 0.1) is 0 Å². The Morgan fingerprint density at radius 2 is 0.396 bits per heavy atom. The summed E-state index contributed by atoms with van der Waals surface area (Å²) in [5.74, 6) is -2.42. The van der Waals surface area contributed by atoms with Crippen LogP contribution in [0.1, 0.15) is 55.6 Å². The van der Waals surface area contributed by atoms with Gasteiger partial charge in [0.1, 0.15) is 36.6 Å². The van der Waals surface area contributed by atoms with E-state index in [1.807, 2.05) is 0 Å². The molecule has 1 fully saturated rings. The maximum absolute atomic E-state index is 16.9.